The first-order valence-corrected chi connectivity index (χ1v) is 7.46. The molecular weight excluding hydrogens is 272 g/mol. The Kier molecular flexibility index (Phi) is 5.06. The highest BCUT2D eigenvalue weighted by Gasteiger charge is 2.29. The molecule has 0 bridgehead atoms. The molecule has 0 aliphatic carbocycles. The first-order valence-electron chi connectivity index (χ1n) is 7.46. The van der Waals surface area contributed by atoms with Gasteiger partial charge in [0.05, 0.1) is 13.2 Å². The van der Waals surface area contributed by atoms with Gasteiger partial charge in [-0.25, -0.2) is 9.48 Å². The number of aromatic nitrogens is 2. The molecule has 0 saturated carbocycles. The Balaban J connectivity index is 2.35. The fourth-order valence-corrected chi connectivity index (χ4v) is 2.61. The van der Waals surface area contributed by atoms with Gasteiger partial charge in [0.1, 0.15) is 11.4 Å². The number of carbonyl (C=O) groups is 1. The van der Waals surface area contributed by atoms with Crippen molar-refractivity contribution in [1.82, 2.24) is 9.78 Å². The molecule has 21 heavy (non-hydrogen) atoms. The van der Waals surface area contributed by atoms with Crippen LogP contribution in [0.15, 0.2) is 0 Å². The van der Waals surface area contributed by atoms with Crippen LogP contribution >= 0.6 is 0 Å². The van der Waals surface area contributed by atoms with Crippen molar-refractivity contribution in [3.05, 3.63) is 5.56 Å². The molecule has 1 atom stereocenters. The second kappa shape index (κ2) is 6.80. The Morgan fingerprint density at radius 3 is 2.95 bits per heavy atom. The van der Waals surface area contributed by atoms with Gasteiger partial charge in [0.15, 0.2) is 5.82 Å². The molecule has 2 heterocycles. The summed E-state index contributed by atoms with van der Waals surface area (Å²) >= 11 is 0. The van der Waals surface area contributed by atoms with Gasteiger partial charge >= 0.3 is 5.97 Å². The first kappa shape index (κ1) is 15.6. The summed E-state index contributed by atoms with van der Waals surface area (Å²) < 4.78 is 6.49. The van der Waals surface area contributed by atoms with E-state index in [4.69, 9.17) is 10.5 Å². The molecule has 1 unspecified atom stereocenters. The molecule has 1 aliphatic rings. The van der Waals surface area contributed by atoms with Crippen molar-refractivity contribution < 1.29 is 14.6 Å². The maximum Gasteiger partial charge on any atom is 0.345 e. The molecule has 1 aliphatic heterocycles. The van der Waals surface area contributed by atoms with Crippen molar-refractivity contribution in [3.63, 3.8) is 0 Å². The number of ether oxygens (including phenoxy) is 1. The average Bonchev–Trinajstić information content (AvgIpc) is 2.81. The number of aryl methyl sites for hydroxylation is 1. The zero-order chi connectivity index (χ0) is 15.4. The molecule has 1 aromatic heterocycles. The smallest absolute Gasteiger partial charge is 0.345 e. The highest BCUT2D eigenvalue weighted by Crippen LogP contribution is 2.28. The minimum atomic E-state index is -0.481. The number of anilines is 2. The van der Waals surface area contributed by atoms with Gasteiger partial charge in [-0.3, -0.25) is 0 Å². The topological polar surface area (TPSA) is 93.6 Å². The molecule has 2 rings (SSSR count). The Hall–Kier alpha value is -1.76. The number of hydrogen-bond acceptors (Lipinski definition) is 6. The number of nitrogens with two attached hydrogens (primary N) is 1. The van der Waals surface area contributed by atoms with Crippen molar-refractivity contribution in [2.24, 2.45) is 0 Å². The van der Waals surface area contributed by atoms with Gasteiger partial charge in [-0.15, -0.1) is 0 Å². The van der Waals surface area contributed by atoms with Crippen LogP contribution in [-0.2, 0) is 11.3 Å². The van der Waals surface area contributed by atoms with Crippen molar-refractivity contribution in [2.45, 2.75) is 45.3 Å². The number of unbranched alkanes of at least 4 members (excludes halogenated alkanes) is 1. The molecular formula is C14H24N4O3. The number of aliphatic hydroxyl groups is 1. The SMILES string of the molecule is CCCCn1nc(N2CCCC(O)C2)c(C(=O)OC)c1N. The maximum absolute atomic E-state index is 12.0. The summed E-state index contributed by atoms with van der Waals surface area (Å²) in [5, 5.41) is 14.3. The number of piperidine rings is 1. The van der Waals surface area contributed by atoms with E-state index >= 15 is 0 Å². The summed E-state index contributed by atoms with van der Waals surface area (Å²) in [4.78, 5) is 13.9. The zero-order valence-electron chi connectivity index (χ0n) is 12.7. The predicted octanol–water partition coefficient (Wildman–Crippen LogP) is 1.01. The number of nitrogens with zero attached hydrogens (tertiary/aromatic N) is 3. The largest absolute Gasteiger partial charge is 0.465 e. The van der Waals surface area contributed by atoms with E-state index in [0.717, 1.165) is 32.2 Å². The number of nitrogen functional groups attached to an aromatic ring is 1. The summed E-state index contributed by atoms with van der Waals surface area (Å²) in [6.07, 6.45) is 3.20. The van der Waals surface area contributed by atoms with E-state index in [0.29, 0.717) is 30.3 Å². The van der Waals surface area contributed by atoms with Crippen LogP contribution < -0.4 is 10.6 Å². The van der Waals surface area contributed by atoms with Crippen molar-refractivity contribution >= 4 is 17.6 Å². The zero-order valence-corrected chi connectivity index (χ0v) is 12.7. The van der Waals surface area contributed by atoms with Gasteiger partial charge in [-0.1, -0.05) is 13.3 Å². The van der Waals surface area contributed by atoms with Gasteiger partial charge in [-0.05, 0) is 19.3 Å². The summed E-state index contributed by atoms with van der Waals surface area (Å²) in [7, 11) is 1.33. The second-order valence-electron chi connectivity index (χ2n) is 5.39. The van der Waals surface area contributed by atoms with Gasteiger partial charge in [0.2, 0.25) is 0 Å². The average molecular weight is 296 g/mol. The predicted molar refractivity (Wildman–Crippen MR) is 80.3 cm³/mol. The Labute approximate surface area is 124 Å². The van der Waals surface area contributed by atoms with Crippen LogP contribution in [0, 0.1) is 0 Å². The number of hydrogen-bond donors (Lipinski definition) is 2. The third-order valence-corrected chi connectivity index (χ3v) is 3.78. The van der Waals surface area contributed by atoms with Gasteiger partial charge in [-0.2, -0.15) is 5.10 Å². The monoisotopic (exact) mass is 296 g/mol. The third kappa shape index (κ3) is 3.29. The standard InChI is InChI=1S/C14H24N4O3/c1-3-4-8-18-12(15)11(14(20)21-2)13(16-18)17-7-5-6-10(19)9-17/h10,19H,3-9,15H2,1-2H3. The van der Waals surface area contributed by atoms with Crippen LogP contribution in [0.5, 0.6) is 0 Å². The van der Waals surface area contributed by atoms with E-state index < -0.39 is 12.1 Å². The van der Waals surface area contributed by atoms with E-state index in [1.165, 1.54) is 7.11 Å². The van der Waals surface area contributed by atoms with Gasteiger partial charge in [0, 0.05) is 19.6 Å². The fourth-order valence-electron chi connectivity index (χ4n) is 2.61. The summed E-state index contributed by atoms with van der Waals surface area (Å²) in [6, 6.07) is 0. The van der Waals surface area contributed by atoms with Gasteiger partial charge < -0.3 is 20.5 Å². The number of methoxy groups -OCH3 is 1. The van der Waals surface area contributed by atoms with Crippen molar-refractivity contribution in [1.29, 1.82) is 0 Å². The molecule has 0 amide bonds. The maximum atomic E-state index is 12.0. The lowest BCUT2D eigenvalue weighted by Gasteiger charge is -2.30. The molecule has 118 valence electrons. The van der Waals surface area contributed by atoms with Crippen LogP contribution in [0.1, 0.15) is 43.0 Å². The van der Waals surface area contributed by atoms with Crippen molar-refractivity contribution in [3.8, 4) is 0 Å². The molecule has 1 saturated heterocycles. The van der Waals surface area contributed by atoms with Crippen LogP contribution in [0.25, 0.3) is 0 Å². The molecule has 3 N–H and O–H groups in total. The first-order chi connectivity index (χ1) is 10.1. The van der Waals surface area contributed by atoms with Crippen molar-refractivity contribution in [2.75, 3.05) is 30.8 Å². The van der Waals surface area contributed by atoms with Crippen LogP contribution in [-0.4, -0.2) is 47.2 Å². The minimum Gasteiger partial charge on any atom is -0.465 e. The molecule has 0 radical (unpaired) electrons. The molecule has 0 spiro atoms. The normalized spacial score (nSPS) is 18.8. The quantitative estimate of drug-likeness (QED) is 0.788. The lowest BCUT2D eigenvalue weighted by atomic mass is 10.1. The third-order valence-electron chi connectivity index (χ3n) is 3.78. The fraction of sp³-hybridized carbons (Fsp3) is 0.714. The highest BCUT2D eigenvalue weighted by molar-refractivity contribution is 5.99. The number of β-amino-alcohol motifs (C(OH)–C–C–N with tert-alkyl or cyclic N) is 1. The number of carbonyl (C=O) groups excluding carboxylic acids is 1. The minimum absolute atomic E-state index is 0.308. The molecule has 1 fully saturated rings. The molecule has 0 aromatic carbocycles. The van der Waals surface area contributed by atoms with E-state index in [9.17, 15) is 9.90 Å². The Morgan fingerprint density at radius 2 is 2.33 bits per heavy atom. The Morgan fingerprint density at radius 1 is 1.57 bits per heavy atom. The number of rotatable bonds is 5. The van der Waals surface area contributed by atoms with E-state index in [2.05, 4.69) is 12.0 Å². The number of esters is 1. The van der Waals surface area contributed by atoms with E-state index in [1.807, 2.05) is 4.90 Å². The lowest BCUT2D eigenvalue weighted by molar-refractivity contribution is 0.0602. The van der Waals surface area contributed by atoms with E-state index in [1.54, 1.807) is 4.68 Å². The van der Waals surface area contributed by atoms with Crippen LogP contribution in [0.2, 0.25) is 0 Å². The molecule has 7 nitrogen and oxygen atoms in total. The molecule has 1 aromatic rings. The summed E-state index contributed by atoms with van der Waals surface area (Å²) in [5.41, 5.74) is 6.38. The van der Waals surface area contributed by atoms with Gasteiger partial charge in [0.25, 0.3) is 0 Å². The summed E-state index contributed by atoms with van der Waals surface area (Å²) in [5.74, 6) is 0.380. The number of aliphatic hydroxyl groups excluding tert-OH is 1. The molecule has 7 heteroatoms. The lowest BCUT2D eigenvalue weighted by Crippen LogP contribution is -2.39. The summed E-state index contributed by atoms with van der Waals surface area (Å²) in [6.45, 7) is 3.98. The second-order valence-corrected chi connectivity index (χ2v) is 5.39. The van der Waals surface area contributed by atoms with Crippen LogP contribution in [0.3, 0.4) is 0 Å². The highest BCUT2D eigenvalue weighted by atomic mass is 16.5. The van der Waals surface area contributed by atoms with E-state index in [-0.39, 0.29) is 0 Å². The Bertz CT molecular complexity index is 501. The van der Waals surface area contributed by atoms with Crippen LogP contribution in [0.4, 0.5) is 11.6 Å².